The summed E-state index contributed by atoms with van der Waals surface area (Å²) in [4.78, 5) is 44.6. The first-order valence-electron chi connectivity index (χ1n) is 11.2. The Morgan fingerprint density at radius 2 is 1.85 bits per heavy atom. The van der Waals surface area contributed by atoms with Gasteiger partial charge in [-0.25, -0.2) is 0 Å². The second-order valence-electron chi connectivity index (χ2n) is 8.08. The molecule has 1 aromatic heterocycles. The fourth-order valence-corrected chi connectivity index (χ4v) is 3.75. The minimum absolute atomic E-state index is 0.0463. The van der Waals surface area contributed by atoms with Gasteiger partial charge in [-0.05, 0) is 41.8 Å². The van der Waals surface area contributed by atoms with Crippen LogP contribution in [0.2, 0.25) is 0 Å². The number of methoxy groups -OCH3 is 2. The molecule has 2 aromatic rings. The van der Waals surface area contributed by atoms with Gasteiger partial charge in [-0.2, -0.15) is 0 Å². The number of nitrogens with zero attached hydrogens (tertiary/aromatic N) is 3. The van der Waals surface area contributed by atoms with Crippen LogP contribution in [0.15, 0.2) is 48.8 Å². The summed E-state index contributed by atoms with van der Waals surface area (Å²) in [5.41, 5.74) is 1.93. The van der Waals surface area contributed by atoms with Gasteiger partial charge in [0.15, 0.2) is 0 Å². The highest BCUT2D eigenvalue weighted by molar-refractivity contribution is 5.85. The molecular weight excluding hydrogens is 438 g/mol. The van der Waals surface area contributed by atoms with Crippen LogP contribution in [0.1, 0.15) is 24.0 Å². The zero-order valence-electron chi connectivity index (χ0n) is 19.6. The van der Waals surface area contributed by atoms with E-state index in [1.54, 1.807) is 29.3 Å². The van der Waals surface area contributed by atoms with E-state index in [1.807, 2.05) is 36.4 Å². The van der Waals surface area contributed by atoms with Crippen LogP contribution in [-0.4, -0.2) is 79.1 Å². The molecule has 1 atom stereocenters. The smallest absolute Gasteiger partial charge is 0.307 e. The molecule has 34 heavy (non-hydrogen) atoms. The van der Waals surface area contributed by atoms with E-state index < -0.39 is 12.1 Å². The molecular formula is C25H31N3O6. The lowest BCUT2D eigenvalue weighted by molar-refractivity contribution is -0.142. The fourth-order valence-electron chi connectivity index (χ4n) is 3.75. The number of hydrogen-bond donors (Lipinski definition) is 0. The molecule has 0 aliphatic carbocycles. The van der Waals surface area contributed by atoms with Crippen LogP contribution in [-0.2, 0) is 36.9 Å². The third-order valence-electron chi connectivity index (χ3n) is 5.69. The molecule has 1 fully saturated rings. The number of benzene rings is 1. The van der Waals surface area contributed by atoms with Gasteiger partial charge >= 0.3 is 5.97 Å². The molecule has 3 rings (SSSR count). The number of amides is 2. The summed E-state index contributed by atoms with van der Waals surface area (Å²) in [6.45, 7) is 1.05. The average molecular weight is 470 g/mol. The van der Waals surface area contributed by atoms with E-state index in [-0.39, 0.29) is 44.3 Å². The quantitative estimate of drug-likeness (QED) is 0.490. The van der Waals surface area contributed by atoms with Gasteiger partial charge in [0.1, 0.15) is 5.75 Å². The first-order valence-corrected chi connectivity index (χ1v) is 11.2. The van der Waals surface area contributed by atoms with Crippen molar-refractivity contribution in [3.63, 3.8) is 0 Å². The normalized spacial score (nSPS) is 16.2. The topological polar surface area (TPSA) is 98.3 Å². The molecule has 0 radical (unpaired) electrons. The predicted octanol–water partition coefficient (Wildman–Crippen LogP) is 1.84. The highest BCUT2D eigenvalue weighted by Gasteiger charge is 2.31. The van der Waals surface area contributed by atoms with Crippen LogP contribution >= 0.6 is 0 Å². The molecule has 1 aliphatic rings. The predicted molar refractivity (Wildman–Crippen MR) is 124 cm³/mol. The summed E-state index contributed by atoms with van der Waals surface area (Å²) in [6, 6.07) is 11.3. The highest BCUT2D eigenvalue weighted by atomic mass is 16.5. The number of rotatable bonds is 10. The van der Waals surface area contributed by atoms with Crippen molar-refractivity contribution in [2.24, 2.45) is 0 Å². The zero-order valence-corrected chi connectivity index (χ0v) is 19.6. The Balaban J connectivity index is 1.67. The molecule has 2 amide bonds. The van der Waals surface area contributed by atoms with Crippen molar-refractivity contribution in [1.82, 2.24) is 14.8 Å². The Kier molecular flexibility index (Phi) is 9.40. The highest BCUT2D eigenvalue weighted by Crippen LogP contribution is 2.17. The molecule has 9 nitrogen and oxygen atoms in total. The third kappa shape index (κ3) is 7.55. The van der Waals surface area contributed by atoms with E-state index >= 15 is 0 Å². The van der Waals surface area contributed by atoms with E-state index in [9.17, 15) is 14.4 Å². The number of carbonyl (C=O) groups is 3. The molecule has 0 saturated carbocycles. The Bertz CT molecular complexity index is 968. The van der Waals surface area contributed by atoms with Crippen molar-refractivity contribution < 1.29 is 28.6 Å². The fraction of sp³-hybridized carbons (Fsp3) is 0.440. The van der Waals surface area contributed by atoms with Crippen molar-refractivity contribution in [2.75, 3.05) is 40.4 Å². The van der Waals surface area contributed by atoms with Gasteiger partial charge in [0.25, 0.3) is 0 Å². The van der Waals surface area contributed by atoms with Gasteiger partial charge in [0.2, 0.25) is 11.8 Å². The Hall–Kier alpha value is -3.46. The summed E-state index contributed by atoms with van der Waals surface area (Å²) >= 11 is 0. The molecule has 0 spiro atoms. The van der Waals surface area contributed by atoms with Gasteiger partial charge in [-0.3, -0.25) is 19.4 Å². The van der Waals surface area contributed by atoms with Gasteiger partial charge in [0.05, 0.1) is 39.9 Å². The molecule has 9 heteroatoms. The second-order valence-corrected chi connectivity index (χ2v) is 8.08. The standard InChI is InChI=1S/C25H31N3O6/c1-32-21-5-3-4-20(14-21)18-34-22-15-27(13-10-25(31)33-2)24(30)17-28(16-22)23(29)7-6-19-8-11-26-12-9-19/h3-5,8-9,11-12,14,22H,6-7,10,13,15-18H2,1-2H3/t22-/m1/s1. The van der Waals surface area contributed by atoms with Crippen LogP contribution < -0.4 is 4.74 Å². The van der Waals surface area contributed by atoms with E-state index in [0.29, 0.717) is 19.6 Å². The minimum atomic E-state index is -0.403. The maximum absolute atomic E-state index is 13.0. The van der Waals surface area contributed by atoms with Crippen molar-refractivity contribution in [3.05, 3.63) is 59.9 Å². The SMILES string of the molecule is COC(=O)CCN1C[C@@H](OCc2cccc(OC)c2)CN(C(=O)CCc2ccncc2)CC1=O. The first-order chi connectivity index (χ1) is 16.5. The molecule has 182 valence electrons. The molecule has 1 aliphatic heterocycles. The van der Waals surface area contributed by atoms with Crippen molar-refractivity contribution in [3.8, 4) is 5.75 Å². The average Bonchev–Trinajstić information content (AvgIpc) is 3.03. The van der Waals surface area contributed by atoms with Crippen molar-refractivity contribution in [2.45, 2.75) is 32.0 Å². The lowest BCUT2D eigenvalue weighted by atomic mass is 10.1. The molecule has 1 aromatic carbocycles. The van der Waals surface area contributed by atoms with E-state index in [0.717, 1.165) is 16.9 Å². The minimum Gasteiger partial charge on any atom is -0.497 e. The molecule has 2 heterocycles. The number of ether oxygens (including phenoxy) is 3. The number of carbonyl (C=O) groups excluding carboxylic acids is 3. The number of pyridine rings is 1. The Morgan fingerprint density at radius 1 is 1.06 bits per heavy atom. The largest absolute Gasteiger partial charge is 0.497 e. The van der Waals surface area contributed by atoms with Crippen LogP contribution in [0.25, 0.3) is 0 Å². The lowest BCUT2D eigenvalue weighted by Gasteiger charge is -2.25. The number of hydrogen-bond acceptors (Lipinski definition) is 7. The molecule has 0 bridgehead atoms. The van der Waals surface area contributed by atoms with E-state index in [4.69, 9.17) is 14.2 Å². The summed E-state index contributed by atoms with van der Waals surface area (Å²) in [7, 11) is 2.92. The van der Waals surface area contributed by atoms with Crippen molar-refractivity contribution in [1.29, 1.82) is 0 Å². The maximum atomic E-state index is 13.0. The number of esters is 1. The zero-order chi connectivity index (χ0) is 24.3. The Morgan fingerprint density at radius 3 is 2.59 bits per heavy atom. The van der Waals surface area contributed by atoms with Gasteiger partial charge in [-0.15, -0.1) is 0 Å². The maximum Gasteiger partial charge on any atom is 0.307 e. The molecule has 1 saturated heterocycles. The number of aromatic nitrogens is 1. The summed E-state index contributed by atoms with van der Waals surface area (Å²) in [5.74, 6) is 0.00421. The lowest BCUT2D eigenvalue weighted by Crippen LogP contribution is -2.40. The Labute approximate surface area is 199 Å². The van der Waals surface area contributed by atoms with Crippen molar-refractivity contribution >= 4 is 17.8 Å². The first kappa shape index (κ1) is 25.2. The van der Waals surface area contributed by atoms with Crippen LogP contribution in [0, 0.1) is 0 Å². The monoisotopic (exact) mass is 469 g/mol. The van der Waals surface area contributed by atoms with Crippen LogP contribution in [0.3, 0.4) is 0 Å². The van der Waals surface area contributed by atoms with Crippen LogP contribution in [0.4, 0.5) is 0 Å². The summed E-state index contributed by atoms with van der Waals surface area (Å²) < 4.78 is 16.1. The molecule has 0 N–H and O–H groups in total. The van der Waals surface area contributed by atoms with Gasteiger partial charge in [-0.1, -0.05) is 12.1 Å². The van der Waals surface area contributed by atoms with E-state index in [1.165, 1.54) is 7.11 Å². The number of aryl methyl sites for hydroxylation is 1. The van der Waals surface area contributed by atoms with Gasteiger partial charge in [0, 0.05) is 38.4 Å². The third-order valence-corrected chi connectivity index (χ3v) is 5.69. The van der Waals surface area contributed by atoms with E-state index in [2.05, 4.69) is 4.98 Å². The summed E-state index contributed by atoms with van der Waals surface area (Å²) in [6.07, 6.45) is 3.91. The van der Waals surface area contributed by atoms with Crippen LogP contribution in [0.5, 0.6) is 5.75 Å². The molecule has 0 unspecified atom stereocenters. The van der Waals surface area contributed by atoms with Gasteiger partial charge < -0.3 is 24.0 Å². The second kappa shape index (κ2) is 12.7. The summed E-state index contributed by atoms with van der Waals surface area (Å²) in [5, 5.41) is 0.